The van der Waals surface area contributed by atoms with Crippen molar-refractivity contribution in [2.24, 2.45) is 0 Å². The zero-order chi connectivity index (χ0) is 12.5. The number of nitrogens with two attached hydrogens (primary N) is 1. The van der Waals surface area contributed by atoms with Crippen LogP contribution < -0.4 is 10.6 Å². The van der Waals surface area contributed by atoms with Crippen molar-refractivity contribution < 1.29 is 0 Å². The Bertz CT molecular complexity index is 564. The average Bonchev–Trinajstić information content (AvgIpc) is 2.39. The maximum Gasteiger partial charge on any atom is 0.0724 e. The Labute approximate surface area is 119 Å². The lowest BCUT2D eigenvalue weighted by atomic mass is 10.1. The molecule has 102 valence electrons. The van der Waals surface area contributed by atoms with Gasteiger partial charge < -0.3 is 15.5 Å². The highest BCUT2D eigenvalue weighted by molar-refractivity contribution is 5.93. The van der Waals surface area contributed by atoms with Crippen LogP contribution in [-0.4, -0.2) is 43.1 Å². The van der Waals surface area contributed by atoms with E-state index in [0.29, 0.717) is 0 Å². The zero-order valence-electron chi connectivity index (χ0n) is 11.0. The number of rotatable bonds is 1. The van der Waals surface area contributed by atoms with Gasteiger partial charge in [0.25, 0.3) is 0 Å². The number of pyridine rings is 1. The molecule has 1 aliphatic heterocycles. The molecular weight excluding hydrogens is 260 g/mol. The summed E-state index contributed by atoms with van der Waals surface area (Å²) >= 11 is 0. The van der Waals surface area contributed by atoms with Crippen LogP contribution >= 0.6 is 12.4 Å². The lowest BCUT2D eigenvalue weighted by Crippen LogP contribution is -2.44. The van der Waals surface area contributed by atoms with Gasteiger partial charge in [-0.25, -0.2) is 0 Å². The molecule has 2 heterocycles. The van der Waals surface area contributed by atoms with Gasteiger partial charge in [-0.1, -0.05) is 0 Å². The first-order valence-electron chi connectivity index (χ1n) is 6.32. The second-order valence-corrected chi connectivity index (χ2v) is 4.90. The maximum absolute atomic E-state index is 5.89. The minimum absolute atomic E-state index is 0. The van der Waals surface area contributed by atoms with Crippen LogP contribution in [0.15, 0.2) is 30.5 Å². The van der Waals surface area contributed by atoms with E-state index in [1.165, 1.54) is 5.69 Å². The second-order valence-electron chi connectivity index (χ2n) is 4.90. The molecule has 1 aromatic carbocycles. The fourth-order valence-electron chi connectivity index (χ4n) is 2.47. The van der Waals surface area contributed by atoms with E-state index in [1.807, 2.05) is 24.4 Å². The third-order valence-electron chi connectivity index (χ3n) is 3.59. The third-order valence-corrected chi connectivity index (χ3v) is 3.59. The topological polar surface area (TPSA) is 45.4 Å². The SMILES string of the molecule is CN1CCN(c2ccnc3ccc(N)cc23)CC1.Cl. The Hall–Kier alpha value is -1.52. The van der Waals surface area contributed by atoms with E-state index in [2.05, 4.69) is 27.9 Å². The maximum atomic E-state index is 5.89. The van der Waals surface area contributed by atoms with Gasteiger partial charge in [0.1, 0.15) is 0 Å². The molecule has 0 amide bonds. The molecule has 2 aromatic rings. The Morgan fingerprint density at radius 1 is 1.11 bits per heavy atom. The number of benzene rings is 1. The number of likely N-dealkylation sites (N-methyl/N-ethyl adjacent to an activating group) is 1. The summed E-state index contributed by atoms with van der Waals surface area (Å²) < 4.78 is 0. The molecule has 5 heteroatoms. The third kappa shape index (κ3) is 2.74. The van der Waals surface area contributed by atoms with Gasteiger partial charge >= 0.3 is 0 Å². The van der Waals surface area contributed by atoms with Crippen molar-refractivity contribution in [3.8, 4) is 0 Å². The fourth-order valence-corrected chi connectivity index (χ4v) is 2.47. The molecule has 0 saturated carbocycles. The number of aromatic nitrogens is 1. The van der Waals surface area contributed by atoms with Crippen molar-refractivity contribution in [1.29, 1.82) is 0 Å². The molecule has 2 N–H and O–H groups in total. The van der Waals surface area contributed by atoms with Crippen molar-refractivity contribution in [1.82, 2.24) is 9.88 Å². The van der Waals surface area contributed by atoms with Gasteiger partial charge in [0.15, 0.2) is 0 Å². The highest BCUT2D eigenvalue weighted by atomic mass is 35.5. The van der Waals surface area contributed by atoms with Gasteiger partial charge in [-0.2, -0.15) is 0 Å². The van der Waals surface area contributed by atoms with Crippen molar-refractivity contribution in [3.63, 3.8) is 0 Å². The van der Waals surface area contributed by atoms with Crippen LogP contribution in [0.3, 0.4) is 0 Å². The van der Waals surface area contributed by atoms with Gasteiger partial charge in [-0.05, 0) is 31.3 Å². The molecule has 1 aromatic heterocycles. The Morgan fingerprint density at radius 2 is 1.84 bits per heavy atom. The molecule has 0 spiro atoms. The number of anilines is 2. The normalized spacial score (nSPS) is 16.4. The summed E-state index contributed by atoms with van der Waals surface area (Å²) in [6.07, 6.45) is 1.88. The average molecular weight is 279 g/mol. The van der Waals surface area contributed by atoms with Crippen LogP contribution in [-0.2, 0) is 0 Å². The summed E-state index contributed by atoms with van der Waals surface area (Å²) in [6, 6.07) is 8.01. The molecule has 0 aliphatic carbocycles. The predicted molar refractivity (Wildman–Crippen MR) is 83.1 cm³/mol. The molecule has 4 nitrogen and oxygen atoms in total. The van der Waals surface area contributed by atoms with E-state index in [4.69, 9.17) is 5.73 Å². The van der Waals surface area contributed by atoms with Crippen molar-refractivity contribution in [2.45, 2.75) is 0 Å². The highest BCUT2D eigenvalue weighted by Gasteiger charge is 2.16. The summed E-state index contributed by atoms with van der Waals surface area (Å²) in [6.45, 7) is 4.33. The van der Waals surface area contributed by atoms with E-state index in [0.717, 1.165) is 42.8 Å². The van der Waals surface area contributed by atoms with E-state index >= 15 is 0 Å². The molecule has 0 bridgehead atoms. The molecular formula is C14H19ClN4. The monoisotopic (exact) mass is 278 g/mol. The van der Waals surface area contributed by atoms with Gasteiger partial charge in [0, 0.05) is 49.1 Å². The summed E-state index contributed by atoms with van der Waals surface area (Å²) in [5.41, 5.74) is 8.95. The number of hydrogen-bond acceptors (Lipinski definition) is 4. The van der Waals surface area contributed by atoms with E-state index in [1.54, 1.807) is 0 Å². The van der Waals surface area contributed by atoms with Crippen LogP contribution in [0.5, 0.6) is 0 Å². The summed E-state index contributed by atoms with van der Waals surface area (Å²) in [7, 11) is 2.17. The first kappa shape index (κ1) is 13.9. The van der Waals surface area contributed by atoms with Crippen LogP contribution in [0.25, 0.3) is 10.9 Å². The molecule has 3 rings (SSSR count). The fraction of sp³-hybridized carbons (Fsp3) is 0.357. The molecule has 19 heavy (non-hydrogen) atoms. The number of nitrogen functional groups attached to an aromatic ring is 1. The zero-order valence-corrected chi connectivity index (χ0v) is 11.9. The quantitative estimate of drug-likeness (QED) is 0.811. The Balaban J connectivity index is 0.00000133. The number of halogens is 1. The van der Waals surface area contributed by atoms with Crippen molar-refractivity contribution in [2.75, 3.05) is 43.9 Å². The Kier molecular flexibility index (Phi) is 4.12. The van der Waals surface area contributed by atoms with Gasteiger partial charge in [0.05, 0.1) is 5.52 Å². The smallest absolute Gasteiger partial charge is 0.0724 e. The lowest BCUT2D eigenvalue weighted by molar-refractivity contribution is 0.313. The molecule has 1 saturated heterocycles. The van der Waals surface area contributed by atoms with E-state index in [-0.39, 0.29) is 12.4 Å². The van der Waals surface area contributed by atoms with Crippen molar-refractivity contribution in [3.05, 3.63) is 30.5 Å². The van der Waals surface area contributed by atoms with Crippen molar-refractivity contribution >= 4 is 34.7 Å². The molecule has 1 fully saturated rings. The van der Waals surface area contributed by atoms with Gasteiger partial charge in [0.2, 0.25) is 0 Å². The standard InChI is InChI=1S/C14H18N4.ClH/c1-17-6-8-18(9-7-17)14-4-5-16-13-3-2-11(15)10-12(13)14;/h2-5,10H,6-9,15H2,1H3;1H. The first-order valence-corrected chi connectivity index (χ1v) is 6.32. The second kappa shape index (κ2) is 5.63. The number of nitrogens with zero attached hydrogens (tertiary/aromatic N) is 3. The molecule has 0 atom stereocenters. The number of fused-ring (bicyclic) bond motifs is 1. The largest absolute Gasteiger partial charge is 0.399 e. The predicted octanol–water partition coefficient (Wildman–Crippen LogP) is 1.99. The molecule has 1 aliphatic rings. The molecule has 0 unspecified atom stereocenters. The molecule has 0 radical (unpaired) electrons. The van der Waals surface area contributed by atoms with Crippen LogP contribution in [0, 0.1) is 0 Å². The van der Waals surface area contributed by atoms with Crippen LogP contribution in [0.1, 0.15) is 0 Å². The van der Waals surface area contributed by atoms with E-state index in [9.17, 15) is 0 Å². The number of hydrogen-bond donors (Lipinski definition) is 1. The first-order chi connectivity index (χ1) is 8.74. The summed E-state index contributed by atoms with van der Waals surface area (Å²) in [5.74, 6) is 0. The Morgan fingerprint density at radius 3 is 2.58 bits per heavy atom. The minimum Gasteiger partial charge on any atom is -0.399 e. The summed E-state index contributed by atoms with van der Waals surface area (Å²) in [4.78, 5) is 9.18. The number of piperazine rings is 1. The van der Waals surface area contributed by atoms with E-state index < -0.39 is 0 Å². The van der Waals surface area contributed by atoms with Crippen LogP contribution in [0.4, 0.5) is 11.4 Å². The van der Waals surface area contributed by atoms with Gasteiger partial charge in [-0.15, -0.1) is 12.4 Å². The van der Waals surface area contributed by atoms with Crippen LogP contribution in [0.2, 0.25) is 0 Å². The highest BCUT2D eigenvalue weighted by Crippen LogP contribution is 2.27. The summed E-state index contributed by atoms with van der Waals surface area (Å²) in [5, 5.41) is 1.15. The van der Waals surface area contributed by atoms with Gasteiger partial charge in [-0.3, -0.25) is 4.98 Å². The lowest BCUT2D eigenvalue weighted by Gasteiger charge is -2.34. The minimum atomic E-state index is 0.